The third kappa shape index (κ3) is 2.54. The van der Waals surface area contributed by atoms with Crippen LogP contribution in [0.5, 0.6) is 0 Å². The van der Waals surface area contributed by atoms with E-state index >= 15 is 0 Å². The van der Waals surface area contributed by atoms with Gasteiger partial charge in [-0.2, -0.15) is 0 Å². The Bertz CT molecular complexity index is 787. The van der Waals surface area contributed by atoms with Gasteiger partial charge in [-0.15, -0.1) is 21.5 Å². The smallest absolute Gasteiger partial charge is 0.311 e. The van der Waals surface area contributed by atoms with Crippen LogP contribution in [0.1, 0.15) is 31.2 Å². The molecule has 0 saturated carbocycles. The molecule has 0 atom stereocenters. The van der Waals surface area contributed by atoms with E-state index in [1.807, 2.05) is 9.78 Å². The minimum atomic E-state index is -0.906. The normalized spacial score (nSPS) is 11.4. The molecule has 0 fully saturated rings. The Morgan fingerprint density at radius 1 is 1.29 bits per heavy atom. The van der Waals surface area contributed by atoms with Gasteiger partial charge in [0.25, 0.3) is 0 Å². The van der Waals surface area contributed by atoms with Gasteiger partial charge < -0.3 is 5.11 Å². The molecule has 3 rings (SSSR count). The Hall–Kier alpha value is -2.21. The summed E-state index contributed by atoms with van der Waals surface area (Å²) in [5.41, 5.74) is 3.25. The first-order valence-electron chi connectivity index (χ1n) is 6.70. The van der Waals surface area contributed by atoms with Gasteiger partial charge in [0.2, 0.25) is 4.96 Å². The molecule has 1 N–H and O–H groups in total. The number of aliphatic carboxylic acids is 1. The second kappa shape index (κ2) is 5.29. The molecule has 21 heavy (non-hydrogen) atoms. The molecule has 3 aromatic rings. The summed E-state index contributed by atoms with van der Waals surface area (Å²) in [6.07, 6.45) is -0.130. The predicted molar refractivity (Wildman–Crippen MR) is 81.7 cm³/mol. The van der Waals surface area contributed by atoms with E-state index in [2.05, 4.69) is 48.3 Å². The van der Waals surface area contributed by atoms with Crippen LogP contribution in [0.4, 0.5) is 0 Å². The van der Waals surface area contributed by atoms with E-state index in [4.69, 9.17) is 5.11 Å². The van der Waals surface area contributed by atoms with Crippen LogP contribution in [-0.2, 0) is 11.2 Å². The molecular formula is C15H15N3O2S. The van der Waals surface area contributed by atoms with E-state index in [1.165, 1.54) is 16.9 Å². The highest BCUT2D eigenvalue weighted by atomic mass is 32.1. The van der Waals surface area contributed by atoms with Gasteiger partial charge in [-0.05, 0) is 17.0 Å². The van der Waals surface area contributed by atoms with Crippen molar-refractivity contribution in [1.82, 2.24) is 14.6 Å². The lowest BCUT2D eigenvalue weighted by Gasteiger charge is -2.07. The van der Waals surface area contributed by atoms with Gasteiger partial charge in [-0.25, -0.2) is 0 Å². The zero-order valence-corrected chi connectivity index (χ0v) is 12.6. The van der Waals surface area contributed by atoms with Gasteiger partial charge in [0.05, 0.1) is 5.69 Å². The van der Waals surface area contributed by atoms with Crippen molar-refractivity contribution in [2.24, 2.45) is 0 Å². The Kier molecular flexibility index (Phi) is 3.47. The third-order valence-electron chi connectivity index (χ3n) is 3.40. The number of thiazole rings is 1. The molecule has 0 amide bonds. The molecule has 5 nitrogen and oxygen atoms in total. The maximum absolute atomic E-state index is 10.9. The average molecular weight is 301 g/mol. The number of carbonyl (C=O) groups is 1. The van der Waals surface area contributed by atoms with Gasteiger partial charge in [0.15, 0.2) is 0 Å². The van der Waals surface area contributed by atoms with Gasteiger partial charge in [0, 0.05) is 5.38 Å². The minimum absolute atomic E-state index is 0.130. The zero-order valence-electron chi connectivity index (χ0n) is 11.8. The van der Waals surface area contributed by atoms with Gasteiger partial charge in [-0.3, -0.25) is 9.20 Å². The Morgan fingerprint density at radius 2 is 2.00 bits per heavy atom. The highest BCUT2D eigenvalue weighted by molar-refractivity contribution is 7.15. The molecule has 6 heteroatoms. The van der Waals surface area contributed by atoms with Crippen LogP contribution in [0, 0.1) is 0 Å². The number of hydrogen-bond acceptors (Lipinski definition) is 4. The molecule has 0 aliphatic heterocycles. The summed E-state index contributed by atoms with van der Waals surface area (Å²) < 4.78 is 1.82. The fraction of sp³-hybridized carbons (Fsp3) is 0.267. The van der Waals surface area contributed by atoms with Gasteiger partial charge in [-0.1, -0.05) is 38.1 Å². The van der Waals surface area contributed by atoms with Crippen molar-refractivity contribution in [2.45, 2.75) is 26.2 Å². The van der Waals surface area contributed by atoms with Crippen molar-refractivity contribution in [3.8, 4) is 11.3 Å². The first-order valence-corrected chi connectivity index (χ1v) is 7.58. The molecule has 2 heterocycles. The van der Waals surface area contributed by atoms with Crippen LogP contribution in [0.2, 0.25) is 0 Å². The fourth-order valence-electron chi connectivity index (χ4n) is 2.27. The highest BCUT2D eigenvalue weighted by Gasteiger charge is 2.15. The Labute approximate surface area is 125 Å². The number of fused-ring (bicyclic) bond motifs is 1. The average Bonchev–Trinajstić information content (AvgIpc) is 3.01. The molecule has 2 aromatic heterocycles. The summed E-state index contributed by atoms with van der Waals surface area (Å²) in [6, 6.07) is 8.32. The number of carboxylic acid groups (broad SMARTS) is 1. The quantitative estimate of drug-likeness (QED) is 0.803. The van der Waals surface area contributed by atoms with Crippen LogP contribution in [0.15, 0.2) is 29.6 Å². The van der Waals surface area contributed by atoms with Crippen LogP contribution in [0.25, 0.3) is 16.2 Å². The van der Waals surface area contributed by atoms with Gasteiger partial charge >= 0.3 is 5.97 Å². The molecular weight excluding hydrogens is 286 g/mol. The molecule has 0 aliphatic carbocycles. The lowest BCUT2D eigenvalue weighted by molar-refractivity contribution is -0.136. The van der Waals surface area contributed by atoms with E-state index < -0.39 is 5.97 Å². The van der Waals surface area contributed by atoms with Crippen molar-refractivity contribution in [1.29, 1.82) is 0 Å². The lowest BCUT2D eigenvalue weighted by Crippen LogP contribution is -2.05. The van der Waals surface area contributed by atoms with Crippen LogP contribution in [0.3, 0.4) is 0 Å². The summed E-state index contributed by atoms with van der Waals surface area (Å²) in [4.78, 5) is 11.6. The van der Waals surface area contributed by atoms with Crippen molar-refractivity contribution < 1.29 is 9.90 Å². The van der Waals surface area contributed by atoms with E-state index in [0.717, 1.165) is 11.3 Å². The summed E-state index contributed by atoms with van der Waals surface area (Å²) in [7, 11) is 0. The lowest BCUT2D eigenvalue weighted by atomic mass is 10.0. The number of aromatic nitrogens is 3. The second-order valence-corrected chi connectivity index (χ2v) is 6.04. The highest BCUT2D eigenvalue weighted by Crippen LogP contribution is 2.28. The number of rotatable bonds is 4. The van der Waals surface area contributed by atoms with Crippen molar-refractivity contribution >= 4 is 22.3 Å². The molecule has 0 aliphatic rings. The first-order chi connectivity index (χ1) is 10.1. The Balaban J connectivity index is 2.07. The minimum Gasteiger partial charge on any atom is -0.481 e. The summed E-state index contributed by atoms with van der Waals surface area (Å²) >= 11 is 1.46. The monoisotopic (exact) mass is 301 g/mol. The SMILES string of the molecule is CC(C)c1ccc(-c2csc3nnc(CC(=O)O)n23)cc1. The summed E-state index contributed by atoms with van der Waals surface area (Å²) in [5.74, 6) is 0.0392. The van der Waals surface area contributed by atoms with Crippen LogP contribution < -0.4 is 0 Å². The van der Waals surface area contributed by atoms with E-state index in [1.54, 1.807) is 0 Å². The van der Waals surface area contributed by atoms with E-state index in [-0.39, 0.29) is 6.42 Å². The van der Waals surface area contributed by atoms with Crippen molar-refractivity contribution in [2.75, 3.05) is 0 Å². The Morgan fingerprint density at radius 3 is 2.62 bits per heavy atom. The molecule has 0 bridgehead atoms. The molecule has 1 aromatic carbocycles. The zero-order chi connectivity index (χ0) is 15.0. The molecule has 108 valence electrons. The standard InChI is InChI=1S/C15H15N3O2S/c1-9(2)10-3-5-11(6-4-10)12-8-21-15-17-16-13(18(12)15)7-14(19)20/h3-6,8-9H,7H2,1-2H3,(H,19,20). The molecule has 0 spiro atoms. The molecule has 0 saturated heterocycles. The summed E-state index contributed by atoms with van der Waals surface area (Å²) in [6.45, 7) is 4.31. The van der Waals surface area contributed by atoms with Crippen LogP contribution in [-0.4, -0.2) is 25.7 Å². The second-order valence-electron chi connectivity index (χ2n) is 5.20. The maximum atomic E-state index is 10.9. The summed E-state index contributed by atoms with van der Waals surface area (Å²) in [5, 5.41) is 19.0. The van der Waals surface area contributed by atoms with Gasteiger partial charge in [0.1, 0.15) is 12.2 Å². The molecule has 0 unspecified atom stereocenters. The first kappa shape index (κ1) is 13.8. The number of carboxylic acids is 1. The number of nitrogens with zero attached hydrogens (tertiary/aromatic N) is 3. The fourth-order valence-corrected chi connectivity index (χ4v) is 3.12. The topological polar surface area (TPSA) is 67.5 Å². The molecule has 0 radical (unpaired) electrons. The van der Waals surface area contributed by atoms with Crippen molar-refractivity contribution in [3.63, 3.8) is 0 Å². The van der Waals surface area contributed by atoms with Crippen LogP contribution >= 0.6 is 11.3 Å². The maximum Gasteiger partial charge on any atom is 0.311 e. The predicted octanol–water partition coefficient (Wildman–Crippen LogP) is 3.21. The largest absolute Gasteiger partial charge is 0.481 e. The van der Waals surface area contributed by atoms with E-state index in [0.29, 0.717) is 16.7 Å². The number of benzene rings is 1. The number of hydrogen-bond donors (Lipinski definition) is 1. The van der Waals surface area contributed by atoms with E-state index in [9.17, 15) is 4.79 Å². The third-order valence-corrected chi connectivity index (χ3v) is 4.22. The van der Waals surface area contributed by atoms with Crippen molar-refractivity contribution in [3.05, 3.63) is 41.0 Å².